The van der Waals surface area contributed by atoms with Crippen molar-refractivity contribution >= 4 is 29.9 Å². The number of nitrogens with one attached hydrogen (secondary N) is 3. The lowest BCUT2D eigenvalue weighted by Gasteiger charge is -2.21. The van der Waals surface area contributed by atoms with Gasteiger partial charge < -0.3 is 16.0 Å². The summed E-state index contributed by atoms with van der Waals surface area (Å²) in [7, 11) is 1.79. The van der Waals surface area contributed by atoms with Gasteiger partial charge in [-0.25, -0.2) is 0 Å². The molecule has 1 aromatic carbocycles. The van der Waals surface area contributed by atoms with Crippen LogP contribution in [0.2, 0.25) is 0 Å². The van der Waals surface area contributed by atoms with Crippen LogP contribution in [0, 0.1) is 0 Å². The van der Waals surface area contributed by atoms with Gasteiger partial charge in [0.05, 0.1) is 0 Å². The highest BCUT2D eigenvalue weighted by molar-refractivity contribution is 14.0. The largest absolute Gasteiger partial charge is 0.355 e. The second-order valence-electron chi connectivity index (χ2n) is 5.51. The number of hydrogen-bond acceptors (Lipinski definition) is 2. The third-order valence-electron chi connectivity index (χ3n) is 2.60. The zero-order valence-electron chi connectivity index (χ0n) is 12.9. The molecule has 20 heavy (non-hydrogen) atoms. The number of rotatable bonds is 5. The number of aliphatic imine (C=N–C) groups is 1. The molecule has 0 aliphatic carbocycles. The molecular formula is C15H27IN4. The Bertz CT molecular complexity index is 385. The van der Waals surface area contributed by atoms with Crippen molar-refractivity contribution in [3.63, 3.8) is 0 Å². The van der Waals surface area contributed by atoms with Crippen molar-refractivity contribution in [1.82, 2.24) is 16.0 Å². The summed E-state index contributed by atoms with van der Waals surface area (Å²) in [6.45, 7) is 9.04. The Hall–Kier alpha value is -0.820. The standard InChI is InChI=1S/C15H26N4.HI/c1-15(2,3)19-11-10-17-14(16-4)18-12-13-8-6-5-7-9-13;/h5-9,19H,10-12H2,1-4H3,(H2,16,17,18);1H. The average molecular weight is 390 g/mol. The Morgan fingerprint density at radius 2 is 1.70 bits per heavy atom. The summed E-state index contributed by atoms with van der Waals surface area (Å²) in [6, 6.07) is 10.3. The smallest absolute Gasteiger partial charge is 0.191 e. The maximum Gasteiger partial charge on any atom is 0.191 e. The Morgan fingerprint density at radius 3 is 2.25 bits per heavy atom. The predicted octanol–water partition coefficient (Wildman–Crippen LogP) is 2.36. The van der Waals surface area contributed by atoms with E-state index in [2.05, 4.69) is 53.8 Å². The van der Waals surface area contributed by atoms with E-state index in [1.54, 1.807) is 7.05 Å². The minimum Gasteiger partial charge on any atom is -0.355 e. The molecular weight excluding hydrogens is 363 g/mol. The molecule has 1 aromatic rings. The van der Waals surface area contributed by atoms with Gasteiger partial charge in [0.15, 0.2) is 5.96 Å². The quantitative estimate of drug-likeness (QED) is 0.313. The van der Waals surface area contributed by atoms with Gasteiger partial charge in [-0.05, 0) is 26.3 Å². The molecule has 0 amide bonds. The molecule has 0 atom stereocenters. The molecule has 3 N–H and O–H groups in total. The molecule has 0 saturated carbocycles. The van der Waals surface area contributed by atoms with Crippen molar-refractivity contribution in [2.45, 2.75) is 32.9 Å². The molecule has 0 radical (unpaired) electrons. The van der Waals surface area contributed by atoms with E-state index in [1.165, 1.54) is 5.56 Å². The Kier molecular flexibility index (Phi) is 9.58. The van der Waals surface area contributed by atoms with Crippen molar-refractivity contribution in [2.24, 2.45) is 4.99 Å². The number of hydrogen-bond donors (Lipinski definition) is 3. The Labute approximate surface area is 139 Å². The lowest BCUT2D eigenvalue weighted by molar-refractivity contribution is 0.428. The van der Waals surface area contributed by atoms with Crippen LogP contribution in [0.5, 0.6) is 0 Å². The van der Waals surface area contributed by atoms with E-state index in [1.807, 2.05) is 18.2 Å². The van der Waals surface area contributed by atoms with E-state index < -0.39 is 0 Å². The van der Waals surface area contributed by atoms with E-state index >= 15 is 0 Å². The highest BCUT2D eigenvalue weighted by atomic mass is 127. The number of nitrogens with zero attached hydrogens (tertiary/aromatic N) is 1. The van der Waals surface area contributed by atoms with Crippen molar-refractivity contribution in [1.29, 1.82) is 0 Å². The van der Waals surface area contributed by atoms with E-state index in [0.717, 1.165) is 25.6 Å². The molecule has 5 heteroatoms. The molecule has 0 aromatic heterocycles. The molecule has 0 aliphatic rings. The van der Waals surface area contributed by atoms with Gasteiger partial charge in [0.25, 0.3) is 0 Å². The van der Waals surface area contributed by atoms with E-state index in [-0.39, 0.29) is 29.5 Å². The highest BCUT2D eigenvalue weighted by Crippen LogP contribution is 1.97. The van der Waals surface area contributed by atoms with Crippen LogP contribution >= 0.6 is 24.0 Å². The van der Waals surface area contributed by atoms with Gasteiger partial charge in [-0.2, -0.15) is 0 Å². The minimum absolute atomic E-state index is 0. The monoisotopic (exact) mass is 390 g/mol. The third-order valence-corrected chi connectivity index (χ3v) is 2.60. The van der Waals surface area contributed by atoms with E-state index in [0.29, 0.717) is 0 Å². The minimum atomic E-state index is 0. The van der Waals surface area contributed by atoms with E-state index in [4.69, 9.17) is 0 Å². The summed E-state index contributed by atoms with van der Waals surface area (Å²) >= 11 is 0. The first-order chi connectivity index (χ1) is 9.01. The maximum atomic E-state index is 4.20. The van der Waals surface area contributed by atoms with Crippen LogP contribution in [0.1, 0.15) is 26.3 Å². The van der Waals surface area contributed by atoms with Crippen LogP contribution in [0.4, 0.5) is 0 Å². The first-order valence-electron chi connectivity index (χ1n) is 6.75. The molecule has 0 heterocycles. The van der Waals surface area contributed by atoms with Gasteiger partial charge in [-0.3, -0.25) is 4.99 Å². The molecule has 0 fully saturated rings. The van der Waals surface area contributed by atoms with Gasteiger partial charge >= 0.3 is 0 Å². The molecule has 0 bridgehead atoms. The summed E-state index contributed by atoms with van der Waals surface area (Å²) in [6.07, 6.45) is 0. The lowest BCUT2D eigenvalue weighted by atomic mass is 10.1. The summed E-state index contributed by atoms with van der Waals surface area (Å²) in [5.74, 6) is 0.833. The van der Waals surface area contributed by atoms with Crippen LogP contribution in [0.15, 0.2) is 35.3 Å². The normalized spacial score (nSPS) is 11.7. The average Bonchev–Trinajstić information content (AvgIpc) is 2.38. The Balaban J connectivity index is 0.00000361. The fraction of sp³-hybridized carbons (Fsp3) is 0.533. The van der Waals surface area contributed by atoms with Gasteiger partial charge in [-0.1, -0.05) is 30.3 Å². The lowest BCUT2D eigenvalue weighted by Crippen LogP contribution is -2.44. The highest BCUT2D eigenvalue weighted by Gasteiger charge is 2.07. The number of benzene rings is 1. The molecule has 0 unspecified atom stereocenters. The molecule has 0 spiro atoms. The number of halogens is 1. The van der Waals surface area contributed by atoms with Crippen LogP contribution in [-0.2, 0) is 6.54 Å². The van der Waals surface area contributed by atoms with Gasteiger partial charge in [0.2, 0.25) is 0 Å². The van der Waals surface area contributed by atoms with Crippen LogP contribution in [-0.4, -0.2) is 31.6 Å². The summed E-state index contributed by atoms with van der Waals surface area (Å²) in [5, 5.41) is 10.0. The topological polar surface area (TPSA) is 48.5 Å². The molecule has 0 aliphatic heterocycles. The fourth-order valence-corrected chi connectivity index (χ4v) is 1.62. The van der Waals surface area contributed by atoms with Gasteiger partial charge in [0, 0.05) is 32.2 Å². The van der Waals surface area contributed by atoms with Crippen LogP contribution in [0.3, 0.4) is 0 Å². The predicted molar refractivity (Wildman–Crippen MR) is 97.8 cm³/mol. The van der Waals surface area contributed by atoms with Crippen molar-refractivity contribution < 1.29 is 0 Å². The summed E-state index contributed by atoms with van der Waals surface area (Å²) in [5.41, 5.74) is 1.40. The summed E-state index contributed by atoms with van der Waals surface area (Å²) in [4.78, 5) is 4.20. The summed E-state index contributed by atoms with van der Waals surface area (Å²) < 4.78 is 0. The van der Waals surface area contributed by atoms with Crippen molar-refractivity contribution in [3.05, 3.63) is 35.9 Å². The zero-order valence-corrected chi connectivity index (χ0v) is 15.2. The molecule has 114 valence electrons. The van der Waals surface area contributed by atoms with Crippen molar-refractivity contribution in [2.75, 3.05) is 20.1 Å². The van der Waals surface area contributed by atoms with Crippen LogP contribution in [0.25, 0.3) is 0 Å². The zero-order chi connectivity index (χ0) is 14.1. The second-order valence-corrected chi connectivity index (χ2v) is 5.51. The molecule has 1 rings (SSSR count). The molecule has 0 saturated heterocycles. The SMILES string of the molecule is CN=C(NCCNC(C)(C)C)NCc1ccccc1.I. The van der Waals surface area contributed by atoms with Gasteiger partial charge in [-0.15, -0.1) is 24.0 Å². The Morgan fingerprint density at radius 1 is 1.05 bits per heavy atom. The number of guanidine groups is 1. The first-order valence-corrected chi connectivity index (χ1v) is 6.75. The first kappa shape index (κ1) is 19.2. The third kappa shape index (κ3) is 9.14. The van der Waals surface area contributed by atoms with Gasteiger partial charge in [0.1, 0.15) is 0 Å². The van der Waals surface area contributed by atoms with Crippen LogP contribution < -0.4 is 16.0 Å². The molecule has 4 nitrogen and oxygen atoms in total. The fourth-order valence-electron chi connectivity index (χ4n) is 1.62. The second kappa shape index (κ2) is 9.99. The maximum absolute atomic E-state index is 4.20. The van der Waals surface area contributed by atoms with E-state index in [9.17, 15) is 0 Å². The van der Waals surface area contributed by atoms with Crippen molar-refractivity contribution in [3.8, 4) is 0 Å².